The molecule has 0 amide bonds. The van der Waals surface area contributed by atoms with Gasteiger partial charge in [0.05, 0.1) is 9.80 Å². The summed E-state index contributed by atoms with van der Waals surface area (Å²) in [6.07, 6.45) is 4.92. The van der Waals surface area contributed by atoms with Gasteiger partial charge in [0.25, 0.3) is 0 Å². The van der Waals surface area contributed by atoms with Crippen LogP contribution >= 0.6 is 0 Å². The van der Waals surface area contributed by atoms with E-state index in [2.05, 4.69) is 0 Å². The minimum absolute atomic E-state index is 0.330. The average Bonchev–Trinajstić information content (AvgIpc) is 2.27. The summed E-state index contributed by atoms with van der Waals surface area (Å²) in [4.78, 5) is 0.660. The lowest BCUT2D eigenvalue weighted by atomic mass is 10.4. The van der Waals surface area contributed by atoms with Crippen molar-refractivity contribution in [3.8, 4) is 0 Å². The van der Waals surface area contributed by atoms with Gasteiger partial charge in [0, 0.05) is 0 Å². The highest BCUT2D eigenvalue weighted by atomic mass is 32.2. The van der Waals surface area contributed by atoms with Crippen LogP contribution in [-0.2, 0) is 9.84 Å². The van der Waals surface area contributed by atoms with Gasteiger partial charge in [-0.2, -0.15) is 0 Å². The molecule has 80 valence electrons. The summed E-state index contributed by atoms with van der Waals surface area (Å²) < 4.78 is 24.1. The summed E-state index contributed by atoms with van der Waals surface area (Å²) in [5, 5.41) is 0. The first-order chi connectivity index (χ1) is 7.12. The van der Waals surface area contributed by atoms with Crippen LogP contribution in [0.3, 0.4) is 0 Å². The van der Waals surface area contributed by atoms with Crippen LogP contribution < -0.4 is 0 Å². The van der Waals surface area contributed by atoms with E-state index in [0.717, 1.165) is 0 Å². The molecule has 0 radical (unpaired) electrons. The predicted octanol–water partition coefficient (Wildman–Crippen LogP) is 2.94. The Morgan fingerprint density at radius 1 is 1.13 bits per heavy atom. The van der Waals surface area contributed by atoms with Gasteiger partial charge in [-0.3, -0.25) is 0 Å². The molecule has 0 unspecified atom stereocenters. The van der Waals surface area contributed by atoms with Crippen LogP contribution in [0.15, 0.2) is 58.4 Å². The maximum absolute atomic E-state index is 12.0. The molecular weight excluding hydrogens is 208 g/mol. The van der Waals surface area contributed by atoms with Crippen molar-refractivity contribution in [2.24, 2.45) is 0 Å². The van der Waals surface area contributed by atoms with Crippen molar-refractivity contribution in [3.63, 3.8) is 0 Å². The zero-order valence-corrected chi connectivity index (χ0v) is 9.66. The molecule has 0 spiro atoms. The van der Waals surface area contributed by atoms with E-state index in [1.807, 2.05) is 0 Å². The van der Waals surface area contributed by atoms with Gasteiger partial charge in [0.1, 0.15) is 0 Å². The smallest absolute Gasteiger partial charge is 0.206 e. The number of benzene rings is 1. The van der Waals surface area contributed by atoms with Crippen LogP contribution in [0.4, 0.5) is 0 Å². The number of sulfone groups is 1. The van der Waals surface area contributed by atoms with Gasteiger partial charge in [0.15, 0.2) is 0 Å². The van der Waals surface area contributed by atoms with Crippen molar-refractivity contribution in [1.82, 2.24) is 0 Å². The molecule has 3 heteroatoms. The average molecular weight is 222 g/mol. The summed E-state index contributed by atoms with van der Waals surface area (Å²) in [5.41, 5.74) is 0. The fraction of sp³-hybridized carbons (Fsp3) is 0.167. The number of hydrogen-bond donors (Lipinski definition) is 0. The molecule has 15 heavy (non-hydrogen) atoms. The molecule has 0 saturated heterocycles. The van der Waals surface area contributed by atoms with Gasteiger partial charge < -0.3 is 0 Å². The third-order valence-corrected chi connectivity index (χ3v) is 3.86. The zero-order valence-electron chi connectivity index (χ0n) is 8.84. The fourth-order valence-corrected chi connectivity index (χ4v) is 2.65. The van der Waals surface area contributed by atoms with E-state index in [1.165, 1.54) is 0 Å². The monoisotopic (exact) mass is 222 g/mol. The summed E-state index contributed by atoms with van der Waals surface area (Å²) in [5.74, 6) is 0. The standard InChI is InChI=1S/C12H14O2S/c1-3-8-11(4-2)15(13,14)12-9-6-5-7-10-12/h3-10H,1-2H3/b8-3-,11-4+. The Bertz CT molecular complexity index is 468. The molecule has 0 N–H and O–H groups in total. The molecule has 0 bridgehead atoms. The Kier molecular flexibility index (Phi) is 3.86. The van der Waals surface area contributed by atoms with Crippen LogP contribution in [-0.4, -0.2) is 8.42 Å². The quantitative estimate of drug-likeness (QED) is 0.737. The third kappa shape index (κ3) is 2.57. The summed E-state index contributed by atoms with van der Waals surface area (Å²) >= 11 is 0. The molecule has 0 fully saturated rings. The van der Waals surface area contributed by atoms with Crippen LogP contribution in [0.25, 0.3) is 0 Å². The van der Waals surface area contributed by atoms with E-state index >= 15 is 0 Å². The molecule has 0 aromatic heterocycles. The SMILES string of the molecule is C/C=C\C(=C/C)S(=O)(=O)c1ccccc1. The van der Waals surface area contributed by atoms with Crippen molar-refractivity contribution < 1.29 is 8.42 Å². The van der Waals surface area contributed by atoms with Gasteiger partial charge in [0.2, 0.25) is 9.84 Å². The minimum atomic E-state index is -3.34. The highest BCUT2D eigenvalue weighted by Gasteiger charge is 2.16. The van der Waals surface area contributed by atoms with Crippen molar-refractivity contribution in [1.29, 1.82) is 0 Å². The zero-order chi connectivity index (χ0) is 11.3. The minimum Gasteiger partial charge on any atom is -0.219 e. The van der Waals surface area contributed by atoms with E-state index in [1.54, 1.807) is 62.4 Å². The second-order valence-electron chi connectivity index (χ2n) is 3.01. The van der Waals surface area contributed by atoms with Gasteiger partial charge in [-0.1, -0.05) is 30.4 Å². The Labute approximate surface area is 90.9 Å². The Morgan fingerprint density at radius 2 is 1.73 bits per heavy atom. The van der Waals surface area contributed by atoms with Crippen molar-refractivity contribution in [2.75, 3.05) is 0 Å². The highest BCUT2D eigenvalue weighted by Crippen LogP contribution is 2.19. The Balaban J connectivity index is 3.25. The number of allylic oxidation sites excluding steroid dienone is 3. The van der Waals surface area contributed by atoms with Crippen LogP contribution in [0.2, 0.25) is 0 Å². The van der Waals surface area contributed by atoms with Crippen LogP contribution in [0, 0.1) is 0 Å². The lowest BCUT2D eigenvalue weighted by molar-refractivity contribution is 0.603. The third-order valence-electron chi connectivity index (χ3n) is 1.98. The second kappa shape index (κ2) is 4.94. The number of hydrogen-bond acceptors (Lipinski definition) is 2. The lowest BCUT2D eigenvalue weighted by Crippen LogP contribution is -2.02. The molecule has 0 aliphatic rings. The van der Waals surface area contributed by atoms with E-state index in [9.17, 15) is 8.42 Å². The molecule has 0 atom stereocenters. The van der Waals surface area contributed by atoms with E-state index in [-0.39, 0.29) is 0 Å². The molecule has 0 aliphatic heterocycles. The first kappa shape index (κ1) is 11.7. The molecule has 0 heterocycles. The molecule has 0 aliphatic carbocycles. The number of rotatable bonds is 3. The molecule has 0 saturated carbocycles. The maximum Gasteiger partial charge on any atom is 0.206 e. The van der Waals surface area contributed by atoms with E-state index in [0.29, 0.717) is 9.80 Å². The van der Waals surface area contributed by atoms with Gasteiger partial charge in [-0.25, -0.2) is 8.42 Å². The Morgan fingerprint density at radius 3 is 2.20 bits per heavy atom. The predicted molar refractivity (Wildman–Crippen MR) is 62.2 cm³/mol. The van der Waals surface area contributed by atoms with Gasteiger partial charge in [-0.05, 0) is 32.1 Å². The summed E-state index contributed by atoms with van der Waals surface area (Å²) in [7, 11) is -3.34. The fourth-order valence-electron chi connectivity index (χ4n) is 1.24. The maximum atomic E-state index is 12.0. The lowest BCUT2D eigenvalue weighted by Gasteiger charge is -2.04. The van der Waals surface area contributed by atoms with Crippen molar-refractivity contribution in [3.05, 3.63) is 53.5 Å². The van der Waals surface area contributed by atoms with E-state index < -0.39 is 9.84 Å². The van der Waals surface area contributed by atoms with Crippen molar-refractivity contribution in [2.45, 2.75) is 18.7 Å². The second-order valence-corrected chi connectivity index (χ2v) is 4.96. The molecule has 2 nitrogen and oxygen atoms in total. The van der Waals surface area contributed by atoms with E-state index in [4.69, 9.17) is 0 Å². The molecule has 1 aromatic rings. The molecule has 1 aromatic carbocycles. The van der Waals surface area contributed by atoms with Gasteiger partial charge >= 0.3 is 0 Å². The largest absolute Gasteiger partial charge is 0.219 e. The van der Waals surface area contributed by atoms with Crippen molar-refractivity contribution >= 4 is 9.84 Å². The van der Waals surface area contributed by atoms with Gasteiger partial charge in [-0.15, -0.1) is 0 Å². The van der Waals surface area contributed by atoms with Crippen LogP contribution in [0.1, 0.15) is 13.8 Å². The highest BCUT2D eigenvalue weighted by molar-refractivity contribution is 7.95. The normalized spacial score (nSPS) is 13.3. The first-order valence-corrected chi connectivity index (χ1v) is 6.20. The summed E-state index contributed by atoms with van der Waals surface area (Å²) in [6.45, 7) is 3.51. The molecular formula is C12H14O2S. The Hall–Kier alpha value is -1.35. The molecule has 1 rings (SSSR count). The topological polar surface area (TPSA) is 34.1 Å². The van der Waals surface area contributed by atoms with Crippen LogP contribution in [0.5, 0.6) is 0 Å². The summed E-state index contributed by atoms with van der Waals surface area (Å²) in [6, 6.07) is 8.43. The first-order valence-electron chi connectivity index (χ1n) is 4.72.